The summed E-state index contributed by atoms with van der Waals surface area (Å²) in [7, 11) is 0. The maximum atomic E-state index is 11.2. The molecule has 0 atom stereocenters. The number of halogens is 3. The second-order valence-electron chi connectivity index (χ2n) is 0.659. The molecule has 4 heteroatoms. The Balaban J connectivity index is 3.45. The first kappa shape index (κ1) is 6.43. The van der Waals surface area contributed by atoms with Crippen molar-refractivity contribution < 1.29 is 8.78 Å². The first-order chi connectivity index (χ1) is 2.56. The fraction of sp³-hybridized carbons (Fsp3) is 0.500. The standard InChI is InChI=1S/C2HBrF2S/c3-2(4,5)1-6/h1H. The number of thiocarbonyl (C=S) groups is 1. The van der Waals surface area contributed by atoms with Gasteiger partial charge in [0, 0.05) is 0 Å². The molecule has 0 aromatic rings. The number of hydrogen-bond acceptors (Lipinski definition) is 1. The van der Waals surface area contributed by atoms with E-state index in [2.05, 4.69) is 12.2 Å². The number of rotatable bonds is 1. The lowest BCUT2D eigenvalue weighted by molar-refractivity contribution is 0.202. The second kappa shape index (κ2) is 1.93. The van der Waals surface area contributed by atoms with Gasteiger partial charge in [-0.05, 0) is 15.9 Å². The smallest absolute Gasteiger partial charge is 0.188 e. The minimum absolute atomic E-state index is 0.354. The van der Waals surface area contributed by atoms with Gasteiger partial charge in [0.1, 0.15) is 0 Å². The van der Waals surface area contributed by atoms with Crippen molar-refractivity contribution in [2.45, 2.75) is 4.83 Å². The fourth-order valence-electron chi connectivity index (χ4n) is 0. The van der Waals surface area contributed by atoms with Crippen molar-refractivity contribution >= 4 is 33.5 Å². The molecule has 0 heterocycles. The van der Waals surface area contributed by atoms with E-state index in [-0.39, 0.29) is 0 Å². The third-order valence-electron chi connectivity index (χ3n) is 0.134. The van der Waals surface area contributed by atoms with Crippen LogP contribution in [0.4, 0.5) is 8.78 Å². The molecule has 0 saturated heterocycles. The molecule has 0 aliphatic heterocycles. The molecule has 0 N–H and O–H groups in total. The predicted octanol–water partition coefficient (Wildman–Crippen LogP) is 1.97. The third kappa shape index (κ3) is 4.43. The van der Waals surface area contributed by atoms with E-state index in [0.29, 0.717) is 5.37 Å². The first-order valence-electron chi connectivity index (χ1n) is 1.09. The topological polar surface area (TPSA) is 0 Å². The van der Waals surface area contributed by atoms with Crippen LogP contribution in [0.1, 0.15) is 0 Å². The van der Waals surface area contributed by atoms with Crippen molar-refractivity contribution in [3.05, 3.63) is 0 Å². The molecule has 0 aliphatic rings. The summed E-state index contributed by atoms with van der Waals surface area (Å²) in [6, 6.07) is 0. The Morgan fingerprint density at radius 2 is 1.83 bits per heavy atom. The maximum absolute atomic E-state index is 11.2. The summed E-state index contributed by atoms with van der Waals surface area (Å²) in [6.45, 7) is 0. The molecule has 0 saturated carbocycles. The maximum Gasteiger partial charge on any atom is 0.329 e. The summed E-state index contributed by atoms with van der Waals surface area (Å²) in [4.78, 5) is -2.96. The van der Waals surface area contributed by atoms with Crippen LogP contribution in [0.25, 0.3) is 0 Å². The highest BCUT2D eigenvalue weighted by Crippen LogP contribution is 2.17. The fourth-order valence-corrected chi connectivity index (χ4v) is 0. The Hall–Kier alpha value is 0.430. The highest BCUT2D eigenvalue weighted by atomic mass is 79.9. The first-order valence-corrected chi connectivity index (χ1v) is 2.36. The van der Waals surface area contributed by atoms with Crippen molar-refractivity contribution in [2.24, 2.45) is 0 Å². The van der Waals surface area contributed by atoms with Gasteiger partial charge in [0.25, 0.3) is 0 Å². The normalized spacial score (nSPS) is 11.2. The van der Waals surface area contributed by atoms with Gasteiger partial charge in [-0.25, -0.2) is 0 Å². The second-order valence-corrected chi connectivity index (χ2v) is 1.95. The molecule has 0 amide bonds. The number of hydrogen-bond donors (Lipinski definition) is 0. The SMILES string of the molecule is FC(F)(Br)C=S. The lowest BCUT2D eigenvalue weighted by atomic mass is 10.9. The average molecular weight is 175 g/mol. The number of alkyl halides is 3. The van der Waals surface area contributed by atoms with E-state index >= 15 is 0 Å². The summed E-state index contributed by atoms with van der Waals surface area (Å²) in [5.41, 5.74) is 0. The van der Waals surface area contributed by atoms with Crippen molar-refractivity contribution in [1.82, 2.24) is 0 Å². The van der Waals surface area contributed by atoms with Gasteiger partial charge in [-0.15, -0.1) is 0 Å². The van der Waals surface area contributed by atoms with Crippen LogP contribution < -0.4 is 0 Å². The summed E-state index contributed by atoms with van der Waals surface area (Å²) < 4.78 is 22.4. The van der Waals surface area contributed by atoms with Crippen molar-refractivity contribution in [3.63, 3.8) is 0 Å². The summed E-state index contributed by atoms with van der Waals surface area (Å²) in [5.74, 6) is 0. The van der Waals surface area contributed by atoms with Crippen molar-refractivity contribution in [3.8, 4) is 0 Å². The van der Waals surface area contributed by atoms with Crippen LogP contribution in [0.5, 0.6) is 0 Å². The Morgan fingerprint density at radius 1 is 1.67 bits per heavy atom. The molecule has 0 nitrogen and oxygen atoms in total. The van der Waals surface area contributed by atoms with E-state index in [1.807, 2.05) is 15.9 Å². The Morgan fingerprint density at radius 3 is 1.83 bits per heavy atom. The van der Waals surface area contributed by atoms with Gasteiger partial charge < -0.3 is 0 Å². The zero-order valence-electron chi connectivity index (χ0n) is 2.62. The molecule has 0 unspecified atom stereocenters. The molecule has 0 aromatic carbocycles. The molecule has 0 bridgehead atoms. The van der Waals surface area contributed by atoms with E-state index < -0.39 is 4.83 Å². The van der Waals surface area contributed by atoms with Gasteiger partial charge >= 0.3 is 4.83 Å². The monoisotopic (exact) mass is 174 g/mol. The van der Waals surface area contributed by atoms with Gasteiger partial charge in [-0.3, -0.25) is 0 Å². The highest BCUT2D eigenvalue weighted by molar-refractivity contribution is 9.10. The van der Waals surface area contributed by atoms with E-state index in [1.54, 1.807) is 0 Å². The van der Waals surface area contributed by atoms with E-state index in [4.69, 9.17) is 0 Å². The average Bonchev–Trinajstić information content (AvgIpc) is 1.35. The minimum Gasteiger partial charge on any atom is -0.188 e. The molecule has 0 rings (SSSR count). The van der Waals surface area contributed by atoms with Gasteiger partial charge in [0.2, 0.25) is 0 Å². The van der Waals surface area contributed by atoms with Gasteiger partial charge in [0.05, 0.1) is 5.37 Å². The van der Waals surface area contributed by atoms with Crippen LogP contribution >= 0.6 is 28.1 Å². The third-order valence-corrected chi connectivity index (χ3v) is 0.962. The van der Waals surface area contributed by atoms with Crippen molar-refractivity contribution in [2.75, 3.05) is 0 Å². The largest absolute Gasteiger partial charge is 0.329 e. The summed E-state index contributed by atoms with van der Waals surface area (Å²) in [6.07, 6.45) is 0. The van der Waals surface area contributed by atoms with Crippen molar-refractivity contribution in [1.29, 1.82) is 0 Å². The Labute approximate surface area is 47.7 Å². The van der Waals surface area contributed by atoms with Crippen LogP contribution in [0.15, 0.2) is 0 Å². The van der Waals surface area contributed by atoms with Gasteiger partial charge in [0.15, 0.2) is 0 Å². The van der Waals surface area contributed by atoms with Crippen LogP contribution in [0.2, 0.25) is 0 Å². The lowest BCUT2D eigenvalue weighted by Crippen LogP contribution is -2.02. The lowest BCUT2D eigenvalue weighted by Gasteiger charge is -1.92. The van der Waals surface area contributed by atoms with Crippen LogP contribution in [-0.4, -0.2) is 10.2 Å². The Kier molecular flexibility index (Phi) is 2.07. The molecule has 0 aromatic heterocycles. The molecule has 6 heavy (non-hydrogen) atoms. The van der Waals surface area contributed by atoms with E-state index in [1.165, 1.54) is 0 Å². The zero-order valence-corrected chi connectivity index (χ0v) is 5.02. The van der Waals surface area contributed by atoms with Gasteiger partial charge in [-0.1, -0.05) is 12.2 Å². The molecule has 0 aliphatic carbocycles. The summed E-state index contributed by atoms with van der Waals surface area (Å²) >= 11 is 5.85. The molecular formula is C2HBrF2S. The van der Waals surface area contributed by atoms with Gasteiger partial charge in [-0.2, -0.15) is 8.78 Å². The molecule has 36 valence electrons. The Bertz CT molecular complexity index is 57.1. The zero-order chi connectivity index (χ0) is 5.21. The highest BCUT2D eigenvalue weighted by Gasteiger charge is 2.17. The molecular weight excluding hydrogens is 174 g/mol. The quantitative estimate of drug-likeness (QED) is 0.433. The molecule has 0 fully saturated rings. The minimum atomic E-state index is -2.96. The van der Waals surface area contributed by atoms with E-state index in [9.17, 15) is 8.78 Å². The molecule has 0 spiro atoms. The van der Waals surface area contributed by atoms with Crippen LogP contribution in [0, 0.1) is 0 Å². The van der Waals surface area contributed by atoms with Crippen LogP contribution in [-0.2, 0) is 0 Å². The van der Waals surface area contributed by atoms with E-state index in [0.717, 1.165) is 0 Å². The summed E-state index contributed by atoms with van der Waals surface area (Å²) in [5, 5.41) is 0.354. The molecule has 0 radical (unpaired) electrons. The van der Waals surface area contributed by atoms with Crippen LogP contribution in [0.3, 0.4) is 0 Å². The predicted molar refractivity (Wildman–Crippen MR) is 27.5 cm³/mol.